The van der Waals surface area contributed by atoms with E-state index in [1.54, 1.807) is 10.6 Å². The fourth-order valence-electron chi connectivity index (χ4n) is 1.80. The number of halogens is 2. The number of fused-ring (bicyclic) bond motifs is 1. The summed E-state index contributed by atoms with van der Waals surface area (Å²) in [4.78, 5) is 4.42. The molecule has 2 heterocycles. The van der Waals surface area contributed by atoms with Crippen molar-refractivity contribution in [1.29, 1.82) is 0 Å². The molecule has 0 aliphatic rings. The number of nitrogens with zero attached hydrogens (tertiary/aromatic N) is 3. The van der Waals surface area contributed by atoms with Gasteiger partial charge in [-0.1, -0.05) is 47.5 Å². The lowest BCUT2D eigenvalue weighted by Crippen LogP contribution is -1.93. The molecule has 0 unspecified atom stereocenters. The molecule has 0 N–H and O–H groups in total. The van der Waals surface area contributed by atoms with E-state index in [0.717, 1.165) is 16.2 Å². The molecule has 0 saturated heterocycles. The van der Waals surface area contributed by atoms with Gasteiger partial charge >= 0.3 is 0 Å². The molecule has 3 nitrogen and oxygen atoms in total. The minimum absolute atomic E-state index is 0.547. The first-order valence-corrected chi connectivity index (χ1v) is 6.23. The third kappa shape index (κ3) is 2.07. The molecular weight excluding hydrogens is 269 g/mol. The number of hydrogen-bond donors (Lipinski definition) is 0. The van der Waals surface area contributed by atoms with Crippen molar-refractivity contribution in [2.75, 3.05) is 0 Å². The molecule has 0 amide bonds. The molecule has 0 saturated carbocycles. The van der Waals surface area contributed by atoms with Gasteiger partial charge in [-0.05, 0) is 23.8 Å². The van der Waals surface area contributed by atoms with E-state index in [2.05, 4.69) is 10.1 Å². The van der Waals surface area contributed by atoms with Gasteiger partial charge < -0.3 is 0 Å². The largest absolute Gasteiger partial charge is 0.212 e. The zero-order chi connectivity index (χ0) is 12.5. The van der Waals surface area contributed by atoms with Crippen LogP contribution in [-0.2, 0) is 6.42 Å². The first kappa shape index (κ1) is 11.5. The lowest BCUT2D eigenvalue weighted by atomic mass is 10.1. The van der Waals surface area contributed by atoms with Crippen LogP contribution in [0.4, 0.5) is 0 Å². The summed E-state index contributed by atoms with van der Waals surface area (Å²) in [6.45, 7) is 0. The fourth-order valence-corrected chi connectivity index (χ4v) is 2.20. The van der Waals surface area contributed by atoms with Crippen molar-refractivity contribution in [1.82, 2.24) is 14.6 Å². The van der Waals surface area contributed by atoms with Crippen LogP contribution in [0.2, 0.25) is 10.2 Å². The van der Waals surface area contributed by atoms with Crippen LogP contribution in [0.5, 0.6) is 0 Å². The highest BCUT2D eigenvalue weighted by molar-refractivity contribution is 6.31. The van der Waals surface area contributed by atoms with Crippen LogP contribution >= 0.6 is 23.2 Å². The third-order valence-electron chi connectivity index (χ3n) is 2.66. The molecule has 0 fully saturated rings. The molecule has 0 radical (unpaired) electrons. The molecule has 0 aliphatic heterocycles. The zero-order valence-corrected chi connectivity index (χ0v) is 10.9. The summed E-state index contributed by atoms with van der Waals surface area (Å²) in [5, 5.41) is 5.63. The van der Waals surface area contributed by atoms with E-state index >= 15 is 0 Å². The maximum absolute atomic E-state index is 6.12. The highest BCUT2D eigenvalue weighted by atomic mass is 35.5. The van der Waals surface area contributed by atoms with Crippen LogP contribution in [0.1, 0.15) is 11.4 Å². The molecule has 0 atom stereocenters. The summed E-state index contributed by atoms with van der Waals surface area (Å²) in [6.07, 6.45) is 0.595. The van der Waals surface area contributed by atoms with Gasteiger partial charge in [-0.2, -0.15) is 0 Å². The number of pyridine rings is 1. The van der Waals surface area contributed by atoms with Gasteiger partial charge in [-0.15, -0.1) is 5.10 Å². The van der Waals surface area contributed by atoms with E-state index < -0.39 is 0 Å². The summed E-state index contributed by atoms with van der Waals surface area (Å²) < 4.78 is 1.62. The lowest BCUT2D eigenvalue weighted by Gasteiger charge is -1.99. The van der Waals surface area contributed by atoms with Gasteiger partial charge in [0.2, 0.25) is 0 Å². The number of hydrogen-bond acceptors (Lipinski definition) is 2. The Kier molecular flexibility index (Phi) is 2.94. The smallest absolute Gasteiger partial charge is 0.157 e. The fraction of sp³-hybridized carbons (Fsp3) is 0.0769. The van der Waals surface area contributed by atoms with Gasteiger partial charge in [0.05, 0.1) is 0 Å². The Morgan fingerprint density at radius 1 is 1.00 bits per heavy atom. The number of rotatable bonds is 2. The Hall–Kier alpha value is -1.58. The van der Waals surface area contributed by atoms with Crippen molar-refractivity contribution in [3.05, 3.63) is 64.0 Å². The standard InChI is InChI=1S/C13H9Cl2N3/c14-10-5-2-1-4-9(10)8-12-16-13-7-3-6-11(15)18(13)17-12/h1-7H,8H2. The van der Waals surface area contributed by atoms with E-state index in [-0.39, 0.29) is 0 Å². The first-order valence-electron chi connectivity index (χ1n) is 5.47. The van der Waals surface area contributed by atoms with Crippen LogP contribution in [0, 0.1) is 0 Å². The minimum Gasteiger partial charge on any atom is -0.212 e. The maximum atomic E-state index is 6.12. The quantitative estimate of drug-likeness (QED) is 0.670. The second-order valence-corrected chi connectivity index (χ2v) is 4.71. The Labute approximate surface area is 114 Å². The van der Waals surface area contributed by atoms with Crippen LogP contribution in [0.3, 0.4) is 0 Å². The highest BCUT2D eigenvalue weighted by Gasteiger charge is 2.08. The Bertz CT molecular complexity index is 706. The first-order chi connectivity index (χ1) is 8.74. The van der Waals surface area contributed by atoms with Crippen molar-refractivity contribution in [3.8, 4) is 0 Å². The van der Waals surface area contributed by atoms with Gasteiger partial charge in [0, 0.05) is 11.4 Å². The van der Waals surface area contributed by atoms with Gasteiger partial charge in [-0.3, -0.25) is 0 Å². The van der Waals surface area contributed by atoms with Crippen LogP contribution in [0.25, 0.3) is 5.65 Å². The molecule has 1 aromatic carbocycles. The summed E-state index contributed by atoms with van der Waals surface area (Å²) in [6, 6.07) is 13.2. The molecule has 90 valence electrons. The Balaban J connectivity index is 2.01. The van der Waals surface area contributed by atoms with Crippen LogP contribution in [-0.4, -0.2) is 14.6 Å². The van der Waals surface area contributed by atoms with E-state index in [0.29, 0.717) is 17.4 Å². The van der Waals surface area contributed by atoms with Gasteiger partial charge in [-0.25, -0.2) is 9.50 Å². The molecule has 0 aliphatic carbocycles. The van der Waals surface area contributed by atoms with Crippen molar-refractivity contribution in [3.63, 3.8) is 0 Å². The van der Waals surface area contributed by atoms with Crippen molar-refractivity contribution in [2.45, 2.75) is 6.42 Å². The molecular formula is C13H9Cl2N3. The Morgan fingerprint density at radius 3 is 2.61 bits per heavy atom. The normalized spacial score (nSPS) is 11.0. The lowest BCUT2D eigenvalue weighted by molar-refractivity contribution is 0.900. The zero-order valence-electron chi connectivity index (χ0n) is 9.35. The predicted octanol–water partition coefficient (Wildman–Crippen LogP) is 3.63. The molecule has 18 heavy (non-hydrogen) atoms. The third-order valence-corrected chi connectivity index (χ3v) is 3.32. The van der Waals surface area contributed by atoms with E-state index in [4.69, 9.17) is 23.2 Å². The molecule has 5 heteroatoms. The molecule has 0 spiro atoms. The number of benzene rings is 1. The van der Waals surface area contributed by atoms with E-state index in [1.807, 2.05) is 36.4 Å². The van der Waals surface area contributed by atoms with Crippen LogP contribution in [0.15, 0.2) is 42.5 Å². The topological polar surface area (TPSA) is 30.2 Å². The average Bonchev–Trinajstić information content (AvgIpc) is 2.76. The van der Waals surface area contributed by atoms with Crippen LogP contribution < -0.4 is 0 Å². The minimum atomic E-state index is 0.547. The van der Waals surface area contributed by atoms with E-state index in [9.17, 15) is 0 Å². The molecule has 3 aromatic rings. The van der Waals surface area contributed by atoms with Gasteiger partial charge in [0.15, 0.2) is 11.5 Å². The molecule has 0 bridgehead atoms. The van der Waals surface area contributed by atoms with Gasteiger partial charge in [0.25, 0.3) is 0 Å². The number of aromatic nitrogens is 3. The van der Waals surface area contributed by atoms with E-state index in [1.165, 1.54) is 0 Å². The Morgan fingerprint density at radius 2 is 1.83 bits per heavy atom. The monoisotopic (exact) mass is 277 g/mol. The SMILES string of the molecule is Clc1ccccc1Cc1nc2cccc(Cl)n2n1. The summed E-state index contributed by atoms with van der Waals surface area (Å²) >= 11 is 12.2. The summed E-state index contributed by atoms with van der Waals surface area (Å²) in [5.74, 6) is 0.705. The maximum Gasteiger partial charge on any atom is 0.157 e. The van der Waals surface area contributed by atoms with Crippen molar-refractivity contribution in [2.24, 2.45) is 0 Å². The second-order valence-electron chi connectivity index (χ2n) is 3.91. The molecule has 3 rings (SSSR count). The highest BCUT2D eigenvalue weighted by Crippen LogP contribution is 2.18. The molecule has 2 aromatic heterocycles. The average molecular weight is 278 g/mol. The summed E-state index contributed by atoms with van der Waals surface area (Å²) in [7, 11) is 0. The van der Waals surface area contributed by atoms with Crippen molar-refractivity contribution < 1.29 is 0 Å². The predicted molar refractivity (Wildman–Crippen MR) is 72.3 cm³/mol. The van der Waals surface area contributed by atoms with Gasteiger partial charge in [0.1, 0.15) is 5.15 Å². The second kappa shape index (κ2) is 4.59. The van der Waals surface area contributed by atoms with Crippen molar-refractivity contribution >= 4 is 28.8 Å². The summed E-state index contributed by atoms with van der Waals surface area (Å²) in [5.41, 5.74) is 1.75.